The lowest BCUT2D eigenvalue weighted by Crippen LogP contribution is -2.62. The number of aliphatic hydroxyl groups excluding tert-OH is 1. The molecule has 5 heteroatoms. The summed E-state index contributed by atoms with van der Waals surface area (Å²) in [6.07, 6.45) is 1.89. The van der Waals surface area contributed by atoms with Gasteiger partial charge in [-0.25, -0.2) is 0 Å². The second-order valence-corrected chi connectivity index (χ2v) is 8.82. The first-order valence-electron chi connectivity index (χ1n) is 10.1. The SMILES string of the molecule is CO[C@H]1C[C@@H](O)C12CCN(C(=O)c1cc(C(C)C)cc(C(C)C)c1O)CC2. The maximum absolute atomic E-state index is 13.2. The van der Waals surface area contributed by atoms with Gasteiger partial charge >= 0.3 is 0 Å². The van der Waals surface area contributed by atoms with Crippen LogP contribution in [0.2, 0.25) is 0 Å². The van der Waals surface area contributed by atoms with E-state index in [9.17, 15) is 15.0 Å². The first kappa shape index (κ1) is 20.2. The number of amides is 1. The highest BCUT2D eigenvalue weighted by molar-refractivity contribution is 5.97. The van der Waals surface area contributed by atoms with Crippen LogP contribution in [-0.2, 0) is 4.74 Å². The number of hydrogen-bond acceptors (Lipinski definition) is 4. The van der Waals surface area contributed by atoms with Crippen LogP contribution in [0.1, 0.15) is 80.3 Å². The summed E-state index contributed by atoms with van der Waals surface area (Å²) in [5.41, 5.74) is 2.09. The van der Waals surface area contributed by atoms with Crippen LogP contribution in [0, 0.1) is 5.41 Å². The van der Waals surface area contributed by atoms with Crippen LogP contribution >= 0.6 is 0 Å². The summed E-state index contributed by atoms with van der Waals surface area (Å²) in [4.78, 5) is 15.0. The summed E-state index contributed by atoms with van der Waals surface area (Å²) in [6.45, 7) is 9.41. The van der Waals surface area contributed by atoms with E-state index in [-0.39, 0.29) is 41.1 Å². The molecule has 1 aromatic rings. The molecule has 3 rings (SSSR count). The zero-order valence-corrected chi connectivity index (χ0v) is 17.2. The lowest BCUT2D eigenvalue weighted by atomic mass is 9.58. The van der Waals surface area contributed by atoms with Crippen LogP contribution in [0.15, 0.2) is 12.1 Å². The van der Waals surface area contributed by atoms with Crippen molar-refractivity contribution in [2.75, 3.05) is 20.2 Å². The van der Waals surface area contributed by atoms with Gasteiger partial charge in [-0.15, -0.1) is 0 Å². The zero-order chi connectivity index (χ0) is 19.9. The van der Waals surface area contributed by atoms with Crippen molar-refractivity contribution in [2.24, 2.45) is 5.41 Å². The van der Waals surface area contributed by atoms with Crippen LogP contribution in [0.3, 0.4) is 0 Å². The molecule has 2 fully saturated rings. The minimum absolute atomic E-state index is 0.0787. The largest absolute Gasteiger partial charge is 0.507 e. The van der Waals surface area contributed by atoms with Gasteiger partial charge in [0.05, 0.1) is 17.8 Å². The maximum atomic E-state index is 13.2. The van der Waals surface area contributed by atoms with Gasteiger partial charge in [0.1, 0.15) is 5.75 Å². The summed E-state index contributed by atoms with van der Waals surface area (Å²) in [5.74, 6) is 0.423. The van der Waals surface area contributed by atoms with E-state index in [1.54, 1.807) is 7.11 Å². The van der Waals surface area contributed by atoms with Crippen LogP contribution in [0.5, 0.6) is 5.75 Å². The summed E-state index contributed by atoms with van der Waals surface area (Å²) < 4.78 is 5.53. The first-order chi connectivity index (χ1) is 12.7. The molecule has 1 aliphatic carbocycles. The van der Waals surface area contributed by atoms with Crippen molar-refractivity contribution in [1.29, 1.82) is 0 Å². The van der Waals surface area contributed by atoms with Gasteiger partial charge in [0.15, 0.2) is 0 Å². The number of carbonyl (C=O) groups excluding carboxylic acids is 1. The number of piperidine rings is 1. The third-order valence-electron chi connectivity index (χ3n) is 6.69. The van der Waals surface area contributed by atoms with E-state index in [0.717, 1.165) is 24.0 Å². The molecule has 1 amide bonds. The highest BCUT2D eigenvalue weighted by Crippen LogP contribution is 2.51. The van der Waals surface area contributed by atoms with Gasteiger partial charge in [0.2, 0.25) is 0 Å². The molecule has 1 aromatic carbocycles. The van der Waals surface area contributed by atoms with E-state index in [0.29, 0.717) is 25.1 Å². The summed E-state index contributed by atoms with van der Waals surface area (Å²) in [7, 11) is 1.69. The van der Waals surface area contributed by atoms with Gasteiger partial charge in [-0.2, -0.15) is 0 Å². The minimum Gasteiger partial charge on any atom is -0.507 e. The number of phenolic OH excluding ortho intramolecular Hbond substituents is 1. The first-order valence-corrected chi connectivity index (χ1v) is 10.1. The molecule has 2 atom stereocenters. The van der Waals surface area contributed by atoms with Crippen molar-refractivity contribution in [3.8, 4) is 5.75 Å². The zero-order valence-electron chi connectivity index (χ0n) is 17.2. The van der Waals surface area contributed by atoms with Crippen LogP contribution in [0.25, 0.3) is 0 Å². The number of aromatic hydroxyl groups is 1. The molecular weight excluding hydrogens is 342 g/mol. The van der Waals surface area contributed by atoms with E-state index in [2.05, 4.69) is 13.8 Å². The quantitative estimate of drug-likeness (QED) is 0.843. The number of rotatable bonds is 4. The molecule has 0 unspecified atom stereocenters. The highest BCUT2D eigenvalue weighted by Gasteiger charge is 2.56. The summed E-state index contributed by atoms with van der Waals surface area (Å²) in [5, 5.41) is 21.0. The van der Waals surface area contributed by atoms with Gasteiger partial charge in [0, 0.05) is 32.0 Å². The second-order valence-electron chi connectivity index (χ2n) is 8.82. The highest BCUT2D eigenvalue weighted by atomic mass is 16.5. The average molecular weight is 376 g/mol. The van der Waals surface area contributed by atoms with Crippen molar-refractivity contribution in [1.82, 2.24) is 4.90 Å². The van der Waals surface area contributed by atoms with Crippen LogP contribution in [0.4, 0.5) is 0 Å². The maximum Gasteiger partial charge on any atom is 0.257 e. The Bertz CT molecular complexity index is 705. The Kier molecular flexibility index (Phi) is 5.55. The van der Waals surface area contributed by atoms with E-state index in [1.165, 1.54) is 0 Å². The fraction of sp³-hybridized carbons (Fsp3) is 0.682. The number of benzene rings is 1. The Hall–Kier alpha value is -1.59. The van der Waals surface area contributed by atoms with Gasteiger partial charge in [0.25, 0.3) is 5.91 Å². The Morgan fingerprint density at radius 2 is 1.81 bits per heavy atom. The van der Waals surface area contributed by atoms with E-state index < -0.39 is 0 Å². The number of aliphatic hydroxyl groups is 1. The van der Waals surface area contributed by atoms with E-state index in [4.69, 9.17) is 4.74 Å². The van der Waals surface area contributed by atoms with Crippen LogP contribution < -0.4 is 0 Å². The Morgan fingerprint density at radius 3 is 2.30 bits per heavy atom. The standard InChI is InChI=1S/C22H33NO4/c1-13(2)15-10-16(14(3)4)20(25)17(11-15)21(26)23-8-6-22(7-9-23)18(24)12-19(22)27-5/h10-11,13-14,18-19,24-25H,6-9,12H2,1-5H3/t18-,19+/m1/s1. The van der Waals surface area contributed by atoms with Gasteiger partial charge < -0.3 is 19.8 Å². The summed E-state index contributed by atoms with van der Waals surface area (Å²) in [6, 6.07) is 3.86. The molecule has 0 radical (unpaired) electrons. The monoisotopic (exact) mass is 375 g/mol. The molecule has 1 heterocycles. The van der Waals surface area contributed by atoms with E-state index >= 15 is 0 Å². The topological polar surface area (TPSA) is 70.0 Å². The number of methoxy groups -OCH3 is 1. The fourth-order valence-corrected chi connectivity index (χ4v) is 4.63. The molecule has 150 valence electrons. The van der Waals surface area contributed by atoms with Crippen molar-refractivity contribution in [3.63, 3.8) is 0 Å². The number of phenols is 1. The summed E-state index contributed by atoms with van der Waals surface area (Å²) >= 11 is 0. The molecular formula is C22H33NO4. The Balaban J connectivity index is 1.83. The number of likely N-dealkylation sites (tertiary alicyclic amines) is 1. The third kappa shape index (κ3) is 3.36. The molecule has 0 bridgehead atoms. The smallest absolute Gasteiger partial charge is 0.257 e. The van der Waals surface area contributed by atoms with Gasteiger partial charge in [-0.3, -0.25) is 4.79 Å². The molecule has 27 heavy (non-hydrogen) atoms. The molecule has 1 aliphatic heterocycles. The second kappa shape index (κ2) is 7.44. The molecule has 1 saturated heterocycles. The molecule has 0 aromatic heterocycles. The minimum atomic E-state index is -0.343. The number of nitrogens with zero attached hydrogens (tertiary/aromatic N) is 1. The molecule has 2 N–H and O–H groups in total. The van der Waals surface area contributed by atoms with Gasteiger partial charge in [-0.05, 0) is 41.9 Å². The lowest BCUT2D eigenvalue weighted by molar-refractivity contribution is -0.199. The van der Waals surface area contributed by atoms with Crippen molar-refractivity contribution in [2.45, 2.75) is 71.0 Å². The predicted molar refractivity (Wildman–Crippen MR) is 105 cm³/mol. The average Bonchev–Trinajstić information content (AvgIpc) is 2.65. The Labute approximate surface area is 162 Å². The Morgan fingerprint density at radius 1 is 1.19 bits per heavy atom. The molecule has 2 aliphatic rings. The predicted octanol–water partition coefficient (Wildman–Crippen LogP) is 3.64. The fourth-order valence-electron chi connectivity index (χ4n) is 4.63. The third-order valence-corrected chi connectivity index (χ3v) is 6.69. The van der Waals surface area contributed by atoms with Gasteiger partial charge in [-0.1, -0.05) is 33.8 Å². The van der Waals surface area contributed by atoms with Crippen molar-refractivity contribution < 1.29 is 19.7 Å². The number of hydrogen-bond donors (Lipinski definition) is 2. The normalized spacial score (nSPS) is 24.5. The van der Waals surface area contributed by atoms with Crippen LogP contribution in [-0.4, -0.2) is 53.4 Å². The van der Waals surface area contributed by atoms with Crippen molar-refractivity contribution in [3.05, 3.63) is 28.8 Å². The number of ether oxygens (including phenoxy) is 1. The molecule has 5 nitrogen and oxygen atoms in total. The van der Waals surface area contributed by atoms with Crippen molar-refractivity contribution >= 4 is 5.91 Å². The molecule has 1 saturated carbocycles. The van der Waals surface area contributed by atoms with E-state index in [1.807, 2.05) is 30.9 Å². The lowest BCUT2D eigenvalue weighted by Gasteiger charge is -2.56. The molecule has 1 spiro atoms. The number of carbonyl (C=O) groups is 1.